The molecule has 27 heavy (non-hydrogen) atoms. The van der Waals surface area contributed by atoms with Gasteiger partial charge in [0.1, 0.15) is 0 Å². The van der Waals surface area contributed by atoms with Gasteiger partial charge in [-0.25, -0.2) is 4.79 Å². The van der Waals surface area contributed by atoms with Gasteiger partial charge >= 0.3 is 6.09 Å². The Balaban J connectivity index is 2.16. The molecule has 0 saturated heterocycles. The van der Waals surface area contributed by atoms with E-state index in [9.17, 15) is 4.79 Å². The lowest BCUT2D eigenvalue weighted by Crippen LogP contribution is -2.22. The summed E-state index contributed by atoms with van der Waals surface area (Å²) in [7, 11) is 4.39. The molecule has 1 amide bonds. The number of nitrogens with zero attached hydrogens (tertiary/aromatic N) is 2. The molecule has 0 aliphatic carbocycles. The summed E-state index contributed by atoms with van der Waals surface area (Å²) in [4.78, 5) is 21.0. The number of carbonyl (C=O) groups excluding carboxylic acids is 1. The van der Waals surface area contributed by atoms with Gasteiger partial charge < -0.3 is 24.4 Å². The third kappa shape index (κ3) is 5.34. The van der Waals surface area contributed by atoms with Gasteiger partial charge in [0, 0.05) is 12.6 Å². The molecule has 0 saturated carbocycles. The zero-order chi connectivity index (χ0) is 19.8. The predicted molar refractivity (Wildman–Crippen MR) is 101 cm³/mol. The zero-order valence-electron chi connectivity index (χ0n) is 16.0. The summed E-state index contributed by atoms with van der Waals surface area (Å²) in [5.74, 6) is 1.39. The zero-order valence-corrected chi connectivity index (χ0v) is 16.0. The van der Waals surface area contributed by atoms with Crippen LogP contribution in [-0.4, -0.2) is 38.1 Å². The normalized spacial score (nSPS) is 10.9. The number of pyridine rings is 1. The van der Waals surface area contributed by atoms with Gasteiger partial charge in [-0.1, -0.05) is 11.2 Å². The topological polar surface area (TPSA) is 91.3 Å². The number of aromatic nitrogens is 1. The number of hydrogen-bond acceptors (Lipinski definition) is 7. The molecular weight excluding hydrogens is 350 g/mol. The van der Waals surface area contributed by atoms with Gasteiger partial charge in [-0.2, -0.15) is 4.98 Å². The number of benzene rings is 1. The van der Waals surface area contributed by atoms with Crippen LogP contribution < -0.4 is 19.6 Å². The summed E-state index contributed by atoms with van der Waals surface area (Å²) >= 11 is 0. The molecule has 0 fully saturated rings. The fraction of sp³-hybridized carbons (Fsp3) is 0.316. The van der Waals surface area contributed by atoms with Crippen molar-refractivity contribution in [3.8, 4) is 17.5 Å². The Morgan fingerprint density at radius 1 is 1.15 bits per heavy atom. The summed E-state index contributed by atoms with van der Waals surface area (Å²) in [6.45, 7) is 4.06. The molecular formula is C19H23N3O5. The Hall–Kier alpha value is -3.29. The lowest BCUT2D eigenvalue weighted by Gasteiger charge is -2.10. The minimum atomic E-state index is -0.492. The molecule has 1 N–H and O–H groups in total. The highest BCUT2D eigenvalue weighted by Crippen LogP contribution is 2.22. The highest BCUT2D eigenvalue weighted by molar-refractivity contribution is 6.00. The predicted octanol–water partition coefficient (Wildman–Crippen LogP) is 3.07. The second-order valence-electron chi connectivity index (χ2n) is 5.61. The number of ether oxygens (including phenoxy) is 3. The van der Waals surface area contributed by atoms with Crippen LogP contribution >= 0.6 is 0 Å². The molecule has 0 aliphatic heterocycles. The monoisotopic (exact) mass is 373 g/mol. The molecule has 0 radical (unpaired) electrons. The van der Waals surface area contributed by atoms with Crippen molar-refractivity contribution in [2.75, 3.05) is 21.3 Å². The van der Waals surface area contributed by atoms with Crippen molar-refractivity contribution in [1.29, 1.82) is 0 Å². The fourth-order valence-corrected chi connectivity index (χ4v) is 2.27. The maximum atomic E-state index is 11.2. The number of hydrogen-bond donors (Lipinski definition) is 1. The first-order chi connectivity index (χ1) is 13.0. The van der Waals surface area contributed by atoms with Crippen LogP contribution in [0, 0.1) is 6.92 Å². The highest BCUT2D eigenvalue weighted by atomic mass is 16.6. The second kappa shape index (κ2) is 9.42. The Kier molecular flexibility index (Phi) is 6.99. The molecule has 2 rings (SSSR count). The molecule has 8 nitrogen and oxygen atoms in total. The van der Waals surface area contributed by atoms with E-state index in [2.05, 4.69) is 20.2 Å². The van der Waals surface area contributed by atoms with E-state index >= 15 is 0 Å². The van der Waals surface area contributed by atoms with E-state index in [-0.39, 0.29) is 0 Å². The number of carbonyl (C=O) groups is 1. The first kappa shape index (κ1) is 20.0. The first-order valence-electron chi connectivity index (χ1n) is 8.20. The van der Waals surface area contributed by atoms with Crippen molar-refractivity contribution in [3.63, 3.8) is 0 Å². The first-order valence-corrected chi connectivity index (χ1v) is 8.20. The van der Waals surface area contributed by atoms with Crippen LogP contribution in [-0.2, 0) is 11.3 Å². The number of oxime groups is 1. The highest BCUT2D eigenvalue weighted by Gasteiger charge is 2.11. The van der Waals surface area contributed by atoms with Crippen molar-refractivity contribution in [3.05, 3.63) is 47.0 Å². The summed E-state index contributed by atoms with van der Waals surface area (Å²) in [6, 6.07) is 9.03. The van der Waals surface area contributed by atoms with E-state index < -0.39 is 6.09 Å². The molecule has 1 heterocycles. The number of rotatable bonds is 7. The maximum absolute atomic E-state index is 11.2. The largest absolute Gasteiger partial charge is 0.481 e. The Bertz CT molecular complexity index is 836. The summed E-state index contributed by atoms with van der Waals surface area (Å²) in [5, 5.41) is 6.80. The molecule has 0 spiro atoms. The van der Waals surface area contributed by atoms with Gasteiger partial charge in [-0.05, 0) is 43.2 Å². The van der Waals surface area contributed by atoms with Gasteiger partial charge in [0.2, 0.25) is 11.8 Å². The Morgan fingerprint density at radius 3 is 2.59 bits per heavy atom. The molecule has 0 atom stereocenters. The number of alkyl carbamates (subject to hydrolysis) is 1. The SMILES string of the molecule is COC(=O)NCc1cc(O/N=C(\C)c2ccc(OC)nc2OC)ccc1C. The Morgan fingerprint density at radius 2 is 1.93 bits per heavy atom. The molecule has 2 aromatic rings. The lowest BCUT2D eigenvalue weighted by molar-refractivity contribution is 0.170. The third-order valence-electron chi connectivity index (χ3n) is 3.84. The van der Waals surface area contributed by atoms with Gasteiger partial charge in [0.15, 0.2) is 5.75 Å². The van der Waals surface area contributed by atoms with E-state index in [1.165, 1.54) is 21.3 Å². The van der Waals surface area contributed by atoms with Gasteiger partial charge in [-0.15, -0.1) is 0 Å². The molecule has 0 unspecified atom stereocenters. The number of amides is 1. The van der Waals surface area contributed by atoms with Crippen LogP contribution in [0.3, 0.4) is 0 Å². The van der Waals surface area contributed by atoms with E-state index in [1.54, 1.807) is 25.1 Å². The summed E-state index contributed by atoms with van der Waals surface area (Å²) in [5.41, 5.74) is 3.20. The van der Waals surface area contributed by atoms with E-state index in [4.69, 9.17) is 14.3 Å². The van der Waals surface area contributed by atoms with Crippen LogP contribution in [0.25, 0.3) is 0 Å². The van der Waals surface area contributed by atoms with Gasteiger partial charge in [0.25, 0.3) is 0 Å². The van der Waals surface area contributed by atoms with E-state index in [1.807, 2.05) is 19.1 Å². The van der Waals surface area contributed by atoms with Gasteiger partial charge in [-0.3, -0.25) is 0 Å². The summed E-state index contributed by atoms with van der Waals surface area (Å²) in [6.07, 6.45) is -0.492. The number of nitrogens with one attached hydrogen (secondary N) is 1. The van der Waals surface area contributed by atoms with Gasteiger partial charge in [0.05, 0.1) is 32.6 Å². The van der Waals surface area contributed by atoms with Crippen LogP contribution in [0.15, 0.2) is 35.5 Å². The average molecular weight is 373 g/mol. The standard InChI is InChI=1S/C19H23N3O5/c1-12-6-7-15(10-14(12)11-20-19(23)26-5)27-22-13(2)16-8-9-17(24-3)21-18(16)25-4/h6-10H,11H2,1-5H3,(H,20,23)/b22-13+. The Labute approximate surface area is 158 Å². The van der Waals surface area contributed by atoms with Crippen LogP contribution in [0.1, 0.15) is 23.6 Å². The molecule has 8 heteroatoms. The molecule has 1 aromatic heterocycles. The average Bonchev–Trinajstić information content (AvgIpc) is 2.70. The molecule has 144 valence electrons. The van der Waals surface area contributed by atoms with Crippen LogP contribution in [0.5, 0.6) is 17.5 Å². The molecule has 1 aromatic carbocycles. The van der Waals surface area contributed by atoms with E-state index in [0.717, 1.165) is 11.1 Å². The van der Waals surface area contributed by atoms with Crippen LogP contribution in [0.4, 0.5) is 4.79 Å². The maximum Gasteiger partial charge on any atom is 0.407 e. The quantitative estimate of drug-likeness (QED) is 0.592. The molecule has 0 bridgehead atoms. The van der Waals surface area contributed by atoms with Crippen molar-refractivity contribution in [2.24, 2.45) is 5.16 Å². The second-order valence-corrected chi connectivity index (χ2v) is 5.61. The fourth-order valence-electron chi connectivity index (χ4n) is 2.27. The number of methoxy groups -OCH3 is 3. The lowest BCUT2D eigenvalue weighted by atomic mass is 10.1. The van der Waals surface area contributed by atoms with Crippen molar-refractivity contribution in [2.45, 2.75) is 20.4 Å². The smallest absolute Gasteiger partial charge is 0.407 e. The van der Waals surface area contributed by atoms with E-state index in [0.29, 0.717) is 35.3 Å². The van der Waals surface area contributed by atoms with Crippen molar-refractivity contribution in [1.82, 2.24) is 10.3 Å². The van der Waals surface area contributed by atoms with Crippen molar-refractivity contribution >= 4 is 11.8 Å². The number of aryl methyl sites for hydroxylation is 1. The molecule has 0 aliphatic rings. The minimum Gasteiger partial charge on any atom is -0.481 e. The third-order valence-corrected chi connectivity index (χ3v) is 3.84. The minimum absolute atomic E-state index is 0.328. The van der Waals surface area contributed by atoms with Crippen LogP contribution in [0.2, 0.25) is 0 Å². The van der Waals surface area contributed by atoms with Crippen molar-refractivity contribution < 1.29 is 23.8 Å². The summed E-state index contributed by atoms with van der Waals surface area (Å²) < 4.78 is 15.0.